The number of ether oxygens (including phenoxy) is 1. The van der Waals surface area contributed by atoms with E-state index in [0.29, 0.717) is 12.2 Å². The lowest BCUT2D eigenvalue weighted by atomic mass is 9.96. The number of aromatic amines is 1. The molecule has 122 valence electrons. The molecule has 24 heavy (non-hydrogen) atoms. The minimum Gasteiger partial charge on any atom is -0.371 e. The van der Waals surface area contributed by atoms with Crippen molar-refractivity contribution >= 4 is 16.8 Å². The Bertz CT molecular complexity index is 846. The van der Waals surface area contributed by atoms with Gasteiger partial charge in [0, 0.05) is 24.4 Å². The predicted octanol–water partition coefficient (Wildman–Crippen LogP) is 2.61. The van der Waals surface area contributed by atoms with E-state index >= 15 is 0 Å². The van der Waals surface area contributed by atoms with E-state index < -0.39 is 0 Å². The summed E-state index contributed by atoms with van der Waals surface area (Å²) in [5.74, 6) is -0.100. The summed E-state index contributed by atoms with van der Waals surface area (Å²) in [5, 5.41) is 10.9. The van der Waals surface area contributed by atoms with E-state index in [4.69, 9.17) is 4.74 Å². The van der Waals surface area contributed by atoms with Gasteiger partial charge in [0.1, 0.15) is 6.10 Å². The number of aromatic nitrogens is 3. The van der Waals surface area contributed by atoms with Crippen LogP contribution in [0.2, 0.25) is 0 Å². The Morgan fingerprint density at radius 2 is 2.12 bits per heavy atom. The Kier molecular flexibility index (Phi) is 3.96. The van der Waals surface area contributed by atoms with Gasteiger partial charge in [-0.05, 0) is 42.7 Å². The average Bonchev–Trinajstić information content (AvgIpc) is 3.11. The van der Waals surface area contributed by atoms with Crippen LogP contribution in [0.25, 0.3) is 10.9 Å². The Morgan fingerprint density at radius 1 is 1.25 bits per heavy atom. The Labute approximate surface area is 139 Å². The maximum Gasteiger partial charge on any atom is 0.252 e. The molecule has 1 aliphatic rings. The second-order valence-electron chi connectivity index (χ2n) is 5.93. The van der Waals surface area contributed by atoms with Gasteiger partial charge in [0.15, 0.2) is 0 Å². The molecule has 0 saturated carbocycles. The van der Waals surface area contributed by atoms with E-state index in [1.807, 2.05) is 30.3 Å². The molecule has 1 aliphatic heterocycles. The van der Waals surface area contributed by atoms with Crippen molar-refractivity contribution in [3.05, 3.63) is 60.0 Å². The Morgan fingerprint density at radius 3 is 3.00 bits per heavy atom. The molecule has 6 heteroatoms. The largest absolute Gasteiger partial charge is 0.371 e. The predicted molar refractivity (Wildman–Crippen MR) is 89.5 cm³/mol. The maximum absolute atomic E-state index is 12.8. The van der Waals surface area contributed by atoms with Crippen molar-refractivity contribution in [2.24, 2.45) is 0 Å². The zero-order valence-corrected chi connectivity index (χ0v) is 13.1. The molecule has 1 fully saturated rings. The smallest absolute Gasteiger partial charge is 0.252 e. The van der Waals surface area contributed by atoms with Crippen LogP contribution in [-0.4, -0.2) is 33.7 Å². The van der Waals surface area contributed by atoms with Crippen LogP contribution < -0.4 is 5.32 Å². The van der Waals surface area contributed by atoms with Gasteiger partial charge in [-0.1, -0.05) is 6.07 Å². The number of hydrogen-bond acceptors (Lipinski definition) is 4. The van der Waals surface area contributed by atoms with Gasteiger partial charge >= 0.3 is 0 Å². The van der Waals surface area contributed by atoms with Gasteiger partial charge < -0.3 is 10.1 Å². The van der Waals surface area contributed by atoms with E-state index in [-0.39, 0.29) is 18.1 Å². The fourth-order valence-corrected chi connectivity index (χ4v) is 3.22. The molecule has 2 N–H and O–H groups in total. The summed E-state index contributed by atoms with van der Waals surface area (Å²) in [6.07, 6.45) is 6.86. The number of rotatable bonds is 3. The number of nitrogens with one attached hydrogen (secondary N) is 2. The molecule has 0 spiro atoms. The molecule has 0 bridgehead atoms. The summed E-state index contributed by atoms with van der Waals surface area (Å²) in [4.78, 5) is 16.8. The summed E-state index contributed by atoms with van der Waals surface area (Å²) < 4.78 is 5.92. The number of benzene rings is 1. The maximum atomic E-state index is 12.8. The van der Waals surface area contributed by atoms with E-state index in [2.05, 4.69) is 20.5 Å². The molecule has 6 nitrogen and oxygen atoms in total. The zero-order valence-electron chi connectivity index (χ0n) is 13.1. The summed E-state index contributed by atoms with van der Waals surface area (Å²) in [7, 11) is 0. The van der Waals surface area contributed by atoms with Gasteiger partial charge in [-0.3, -0.25) is 14.9 Å². The topological polar surface area (TPSA) is 79.9 Å². The molecular weight excluding hydrogens is 304 g/mol. The molecule has 3 aromatic rings. The number of amides is 1. The molecule has 2 atom stereocenters. The first kappa shape index (κ1) is 14.8. The lowest BCUT2D eigenvalue weighted by Gasteiger charge is -2.32. The molecule has 1 aromatic carbocycles. The lowest BCUT2D eigenvalue weighted by molar-refractivity contribution is -0.00948. The molecule has 0 radical (unpaired) electrons. The minimum atomic E-state index is -0.144. The highest BCUT2D eigenvalue weighted by Gasteiger charge is 2.29. The van der Waals surface area contributed by atoms with Crippen molar-refractivity contribution in [3.8, 4) is 0 Å². The molecular formula is C18H18N4O2. The highest BCUT2D eigenvalue weighted by molar-refractivity contribution is 6.06. The fourth-order valence-electron chi connectivity index (χ4n) is 3.22. The molecule has 1 amide bonds. The van der Waals surface area contributed by atoms with E-state index in [0.717, 1.165) is 29.3 Å². The third kappa shape index (κ3) is 2.76. The summed E-state index contributed by atoms with van der Waals surface area (Å²) >= 11 is 0. The standard InChI is InChI=1S/C18H18N4O2/c23-18(13-3-1-4-15-14(13)11-20-22-15)21-16-5-2-10-24-17(16)12-6-8-19-9-7-12/h1,3-4,6-9,11,16-17H,2,5,10H2,(H,20,22)(H,21,23)/t16-,17+/m0/s1. The first-order valence-electron chi connectivity index (χ1n) is 8.07. The van der Waals surface area contributed by atoms with Crippen LogP contribution in [0.15, 0.2) is 48.9 Å². The second kappa shape index (κ2) is 6.41. The van der Waals surface area contributed by atoms with Crippen molar-refractivity contribution < 1.29 is 9.53 Å². The van der Waals surface area contributed by atoms with Crippen molar-refractivity contribution in [1.82, 2.24) is 20.5 Å². The van der Waals surface area contributed by atoms with Crippen molar-refractivity contribution in [2.45, 2.75) is 25.0 Å². The van der Waals surface area contributed by atoms with Gasteiger partial charge in [-0.15, -0.1) is 0 Å². The monoisotopic (exact) mass is 322 g/mol. The minimum absolute atomic E-state index is 0.0594. The Hall–Kier alpha value is -2.73. The van der Waals surface area contributed by atoms with Crippen molar-refractivity contribution in [2.75, 3.05) is 6.61 Å². The molecule has 0 unspecified atom stereocenters. The third-order valence-corrected chi connectivity index (χ3v) is 4.40. The fraction of sp³-hybridized carbons (Fsp3) is 0.278. The number of H-pyrrole nitrogens is 1. The summed E-state index contributed by atoms with van der Waals surface area (Å²) in [6, 6.07) is 9.39. The van der Waals surface area contributed by atoms with Crippen LogP contribution in [-0.2, 0) is 4.74 Å². The highest BCUT2D eigenvalue weighted by atomic mass is 16.5. The SMILES string of the molecule is O=C(N[C@H]1CCCO[C@@H]1c1ccncc1)c1cccc2[nH]ncc12. The normalized spacial score (nSPS) is 20.8. The van der Waals surface area contributed by atoms with Crippen molar-refractivity contribution in [3.63, 3.8) is 0 Å². The number of fused-ring (bicyclic) bond motifs is 1. The zero-order chi connectivity index (χ0) is 16.4. The molecule has 0 aliphatic carbocycles. The molecule has 1 saturated heterocycles. The molecule has 2 aromatic heterocycles. The van der Waals surface area contributed by atoms with E-state index in [1.165, 1.54) is 0 Å². The number of nitrogens with zero attached hydrogens (tertiary/aromatic N) is 2. The quantitative estimate of drug-likeness (QED) is 0.777. The van der Waals surface area contributed by atoms with Gasteiger partial charge in [-0.2, -0.15) is 5.10 Å². The second-order valence-corrected chi connectivity index (χ2v) is 5.93. The summed E-state index contributed by atoms with van der Waals surface area (Å²) in [5.41, 5.74) is 2.52. The van der Waals surface area contributed by atoms with E-state index in [1.54, 1.807) is 18.6 Å². The van der Waals surface area contributed by atoms with Gasteiger partial charge in [0.25, 0.3) is 5.91 Å². The highest BCUT2D eigenvalue weighted by Crippen LogP contribution is 2.28. The number of carbonyl (C=O) groups is 1. The number of pyridine rings is 1. The Balaban J connectivity index is 1.58. The first-order valence-corrected chi connectivity index (χ1v) is 8.07. The summed E-state index contributed by atoms with van der Waals surface area (Å²) in [6.45, 7) is 0.705. The average molecular weight is 322 g/mol. The number of hydrogen-bond donors (Lipinski definition) is 2. The van der Waals surface area contributed by atoms with Gasteiger partial charge in [0.2, 0.25) is 0 Å². The van der Waals surface area contributed by atoms with Gasteiger partial charge in [0.05, 0.1) is 23.3 Å². The van der Waals surface area contributed by atoms with Crippen LogP contribution in [0, 0.1) is 0 Å². The van der Waals surface area contributed by atoms with Crippen LogP contribution in [0.5, 0.6) is 0 Å². The van der Waals surface area contributed by atoms with Crippen LogP contribution >= 0.6 is 0 Å². The molecule has 3 heterocycles. The van der Waals surface area contributed by atoms with Crippen LogP contribution in [0.1, 0.15) is 34.9 Å². The van der Waals surface area contributed by atoms with E-state index in [9.17, 15) is 4.79 Å². The third-order valence-electron chi connectivity index (χ3n) is 4.40. The van der Waals surface area contributed by atoms with Crippen LogP contribution in [0.4, 0.5) is 0 Å². The number of carbonyl (C=O) groups excluding carboxylic acids is 1. The molecule has 4 rings (SSSR count). The first-order chi connectivity index (χ1) is 11.8. The van der Waals surface area contributed by atoms with Crippen LogP contribution in [0.3, 0.4) is 0 Å². The van der Waals surface area contributed by atoms with Crippen molar-refractivity contribution in [1.29, 1.82) is 0 Å². The lowest BCUT2D eigenvalue weighted by Crippen LogP contribution is -2.42. The van der Waals surface area contributed by atoms with Gasteiger partial charge in [-0.25, -0.2) is 0 Å².